The van der Waals surface area contributed by atoms with Crippen molar-refractivity contribution in [3.05, 3.63) is 107 Å². The molecule has 166 valence electrons. The highest BCUT2D eigenvalue weighted by molar-refractivity contribution is 5.92. The molecule has 1 heterocycles. The van der Waals surface area contributed by atoms with Gasteiger partial charge in [0.15, 0.2) is 0 Å². The highest BCUT2D eigenvalue weighted by Crippen LogP contribution is 2.28. The zero-order valence-corrected chi connectivity index (χ0v) is 17.7. The van der Waals surface area contributed by atoms with E-state index in [1.807, 2.05) is 48.5 Å². The Kier molecular flexibility index (Phi) is 6.75. The monoisotopic (exact) mass is 442 g/mol. The number of para-hydroxylation sites is 2. The number of carbonyl (C=O) groups excluding carboxylic acids is 1. The summed E-state index contributed by atoms with van der Waals surface area (Å²) in [4.78, 5) is 30.1. The number of rotatable bonds is 9. The van der Waals surface area contributed by atoms with Gasteiger partial charge in [-0.1, -0.05) is 42.5 Å². The molecule has 0 bridgehead atoms. The minimum Gasteiger partial charge on any atom is -0.493 e. The van der Waals surface area contributed by atoms with Crippen molar-refractivity contribution in [3.8, 4) is 17.0 Å². The lowest BCUT2D eigenvalue weighted by molar-refractivity contribution is -0.385. The number of carbonyl (C=O) groups is 1. The molecule has 0 saturated heterocycles. The van der Waals surface area contributed by atoms with Crippen LogP contribution in [0.4, 0.5) is 11.4 Å². The standard InChI is InChI=1S/C25H22N4O4/c30-25(15-19-5-1-3-7-23(19)29(31)32)28-20-11-9-18(10-12-20)13-14-33-24-8-4-2-6-21(24)22-16-26-17-27-22/h1-12,16-17H,13-15H2,(H,26,27)(H,28,30). The molecule has 0 aliphatic rings. The maximum atomic E-state index is 12.3. The molecule has 0 aliphatic heterocycles. The number of nitro benzene ring substituents is 1. The van der Waals surface area contributed by atoms with Gasteiger partial charge in [-0.15, -0.1) is 0 Å². The first-order valence-electron chi connectivity index (χ1n) is 10.4. The summed E-state index contributed by atoms with van der Waals surface area (Å²) in [5, 5.41) is 13.9. The van der Waals surface area contributed by atoms with E-state index in [0.29, 0.717) is 24.3 Å². The maximum absolute atomic E-state index is 12.3. The number of anilines is 1. The van der Waals surface area contributed by atoms with Crippen molar-refractivity contribution in [1.29, 1.82) is 0 Å². The number of benzene rings is 3. The van der Waals surface area contributed by atoms with Crippen LogP contribution in [0.2, 0.25) is 0 Å². The van der Waals surface area contributed by atoms with E-state index < -0.39 is 4.92 Å². The average Bonchev–Trinajstić information content (AvgIpc) is 3.35. The average molecular weight is 442 g/mol. The first-order chi connectivity index (χ1) is 16.1. The fraction of sp³-hybridized carbons (Fsp3) is 0.120. The second-order valence-corrected chi connectivity index (χ2v) is 7.37. The van der Waals surface area contributed by atoms with Crippen LogP contribution in [0.5, 0.6) is 5.75 Å². The molecular formula is C25H22N4O4. The lowest BCUT2D eigenvalue weighted by atomic mass is 10.1. The minimum absolute atomic E-state index is 0.0582. The van der Waals surface area contributed by atoms with Crippen molar-refractivity contribution in [2.75, 3.05) is 11.9 Å². The number of nitro groups is 1. The third-order valence-electron chi connectivity index (χ3n) is 5.10. The van der Waals surface area contributed by atoms with Gasteiger partial charge in [-0.25, -0.2) is 4.98 Å². The first kappa shape index (κ1) is 21.8. The van der Waals surface area contributed by atoms with Gasteiger partial charge in [-0.05, 0) is 29.8 Å². The Morgan fingerprint density at radius 1 is 1.03 bits per heavy atom. The van der Waals surface area contributed by atoms with Gasteiger partial charge in [0, 0.05) is 29.3 Å². The van der Waals surface area contributed by atoms with Gasteiger partial charge in [0.05, 0.1) is 36.2 Å². The van der Waals surface area contributed by atoms with E-state index in [-0.39, 0.29) is 18.0 Å². The summed E-state index contributed by atoms with van der Waals surface area (Å²) in [7, 11) is 0. The molecule has 0 aliphatic carbocycles. The number of hydrogen-bond acceptors (Lipinski definition) is 5. The molecule has 8 nitrogen and oxygen atoms in total. The number of nitrogens with zero attached hydrogens (tertiary/aromatic N) is 2. The lowest BCUT2D eigenvalue weighted by Gasteiger charge is -2.11. The van der Waals surface area contributed by atoms with E-state index in [9.17, 15) is 14.9 Å². The minimum atomic E-state index is -0.479. The normalized spacial score (nSPS) is 10.5. The molecular weight excluding hydrogens is 420 g/mol. The van der Waals surface area contributed by atoms with Crippen molar-refractivity contribution in [2.24, 2.45) is 0 Å². The van der Waals surface area contributed by atoms with Crippen LogP contribution in [0.15, 0.2) is 85.3 Å². The Morgan fingerprint density at radius 2 is 1.79 bits per heavy atom. The number of imidazole rings is 1. The molecule has 8 heteroatoms. The van der Waals surface area contributed by atoms with E-state index in [2.05, 4.69) is 15.3 Å². The summed E-state index contributed by atoms with van der Waals surface area (Å²) in [5.74, 6) is 0.469. The molecule has 0 spiro atoms. The molecule has 0 atom stereocenters. The van der Waals surface area contributed by atoms with Crippen LogP contribution in [-0.2, 0) is 17.6 Å². The number of hydrogen-bond donors (Lipinski definition) is 2. The topological polar surface area (TPSA) is 110 Å². The number of ether oxygens (including phenoxy) is 1. The van der Waals surface area contributed by atoms with Crippen molar-refractivity contribution < 1.29 is 14.5 Å². The summed E-state index contributed by atoms with van der Waals surface area (Å²) in [6, 6.07) is 21.5. The second kappa shape index (κ2) is 10.2. The molecule has 0 unspecified atom stereocenters. The number of H-pyrrole nitrogens is 1. The Labute approximate surface area is 190 Å². The Morgan fingerprint density at radius 3 is 2.55 bits per heavy atom. The van der Waals surface area contributed by atoms with Crippen molar-refractivity contribution in [2.45, 2.75) is 12.8 Å². The fourth-order valence-electron chi connectivity index (χ4n) is 3.47. The van der Waals surface area contributed by atoms with E-state index in [1.54, 1.807) is 30.7 Å². The van der Waals surface area contributed by atoms with E-state index in [0.717, 1.165) is 22.6 Å². The highest BCUT2D eigenvalue weighted by Gasteiger charge is 2.15. The number of nitrogens with one attached hydrogen (secondary N) is 2. The summed E-state index contributed by atoms with van der Waals surface area (Å²) >= 11 is 0. The van der Waals surface area contributed by atoms with Crippen molar-refractivity contribution in [3.63, 3.8) is 0 Å². The molecule has 1 aromatic heterocycles. The summed E-state index contributed by atoms with van der Waals surface area (Å²) in [5.41, 5.74) is 3.86. The van der Waals surface area contributed by atoms with Crippen LogP contribution in [0.25, 0.3) is 11.3 Å². The number of aromatic amines is 1. The molecule has 4 aromatic rings. The predicted molar refractivity (Wildman–Crippen MR) is 125 cm³/mol. The number of aromatic nitrogens is 2. The smallest absolute Gasteiger partial charge is 0.273 e. The van der Waals surface area contributed by atoms with E-state index in [1.165, 1.54) is 6.07 Å². The molecule has 0 saturated carbocycles. The van der Waals surface area contributed by atoms with Crippen LogP contribution >= 0.6 is 0 Å². The molecule has 3 aromatic carbocycles. The Bertz CT molecular complexity index is 1240. The van der Waals surface area contributed by atoms with Crippen LogP contribution < -0.4 is 10.1 Å². The van der Waals surface area contributed by atoms with Crippen molar-refractivity contribution >= 4 is 17.3 Å². The van der Waals surface area contributed by atoms with E-state index >= 15 is 0 Å². The van der Waals surface area contributed by atoms with E-state index in [4.69, 9.17) is 4.74 Å². The summed E-state index contributed by atoms with van der Waals surface area (Å²) in [6.45, 7) is 0.495. The van der Waals surface area contributed by atoms with Gasteiger partial charge >= 0.3 is 0 Å². The zero-order valence-electron chi connectivity index (χ0n) is 17.7. The zero-order chi connectivity index (χ0) is 23.0. The van der Waals surface area contributed by atoms with Gasteiger partial charge in [0.1, 0.15) is 5.75 Å². The van der Waals surface area contributed by atoms with Crippen LogP contribution in [0.1, 0.15) is 11.1 Å². The quantitative estimate of drug-likeness (QED) is 0.286. The molecule has 33 heavy (non-hydrogen) atoms. The number of amides is 1. The lowest BCUT2D eigenvalue weighted by Crippen LogP contribution is -2.15. The van der Waals surface area contributed by atoms with Gasteiger partial charge in [-0.2, -0.15) is 0 Å². The Balaban J connectivity index is 1.31. The predicted octanol–water partition coefficient (Wildman–Crippen LogP) is 4.79. The summed E-state index contributed by atoms with van der Waals surface area (Å²) < 4.78 is 5.98. The second-order valence-electron chi connectivity index (χ2n) is 7.37. The van der Waals surface area contributed by atoms with Gasteiger partial charge in [-0.3, -0.25) is 14.9 Å². The largest absolute Gasteiger partial charge is 0.493 e. The Hall–Kier alpha value is -4.46. The molecule has 0 fully saturated rings. The van der Waals surface area contributed by atoms with Crippen LogP contribution in [0.3, 0.4) is 0 Å². The van der Waals surface area contributed by atoms with Crippen molar-refractivity contribution in [1.82, 2.24) is 9.97 Å². The highest BCUT2D eigenvalue weighted by atomic mass is 16.6. The van der Waals surface area contributed by atoms with Gasteiger partial charge in [0.25, 0.3) is 5.69 Å². The van der Waals surface area contributed by atoms with Crippen LogP contribution in [-0.4, -0.2) is 27.4 Å². The first-order valence-corrected chi connectivity index (χ1v) is 10.4. The van der Waals surface area contributed by atoms with Gasteiger partial charge < -0.3 is 15.0 Å². The maximum Gasteiger partial charge on any atom is 0.273 e. The summed E-state index contributed by atoms with van der Waals surface area (Å²) in [6.07, 6.45) is 4.02. The third kappa shape index (κ3) is 5.62. The molecule has 0 radical (unpaired) electrons. The van der Waals surface area contributed by atoms with Crippen LogP contribution in [0, 0.1) is 10.1 Å². The fourth-order valence-corrected chi connectivity index (χ4v) is 3.47. The third-order valence-corrected chi connectivity index (χ3v) is 5.10. The molecule has 1 amide bonds. The molecule has 4 rings (SSSR count). The SMILES string of the molecule is O=C(Cc1ccccc1[N+](=O)[O-])Nc1ccc(CCOc2ccccc2-c2cnc[nH]2)cc1. The molecule has 2 N–H and O–H groups in total. The van der Waals surface area contributed by atoms with Gasteiger partial charge in [0.2, 0.25) is 5.91 Å².